The van der Waals surface area contributed by atoms with Gasteiger partial charge in [0.05, 0.1) is 0 Å². The summed E-state index contributed by atoms with van der Waals surface area (Å²) in [6, 6.07) is 7.45. The highest BCUT2D eigenvalue weighted by molar-refractivity contribution is 6.30. The minimum Gasteiger partial charge on any atom is -0.473 e. The molecule has 1 aliphatic carbocycles. The average Bonchev–Trinajstić information content (AvgIpc) is 2.70. The Morgan fingerprint density at radius 2 is 2.00 bits per heavy atom. The van der Waals surface area contributed by atoms with Crippen molar-refractivity contribution in [3.63, 3.8) is 0 Å². The third-order valence-corrected chi connectivity index (χ3v) is 5.20. The van der Waals surface area contributed by atoms with Crippen LogP contribution in [0.25, 0.3) is 0 Å². The Hall–Kier alpha value is -1.42. The van der Waals surface area contributed by atoms with Gasteiger partial charge in [-0.25, -0.2) is 4.79 Å². The van der Waals surface area contributed by atoms with Crippen LogP contribution in [0.1, 0.15) is 40.0 Å². The number of rotatable bonds is 3. The highest BCUT2D eigenvalue weighted by Gasteiger charge is 2.50. The van der Waals surface area contributed by atoms with Crippen LogP contribution in [0.15, 0.2) is 24.3 Å². The number of halogens is 1. The molecule has 1 heterocycles. The van der Waals surface area contributed by atoms with Crippen LogP contribution in [0, 0.1) is 10.8 Å². The number of fused-ring (bicyclic) bond motifs is 2. The van der Waals surface area contributed by atoms with Crippen LogP contribution in [-0.4, -0.2) is 30.2 Å². The molecule has 2 atom stereocenters. The van der Waals surface area contributed by atoms with E-state index >= 15 is 0 Å². The van der Waals surface area contributed by atoms with Crippen molar-refractivity contribution < 1.29 is 9.53 Å². The molecule has 0 aromatic heterocycles. The molecule has 0 radical (unpaired) electrons. The fourth-order valence-electron chi connectivity index (χ4n) is 4.51. The largest absolute Gasteiger partial charge is 0.473 e. The molecule has 1 saturated carbocycles. The average molecular weight is 337 g/mol. The van der Waals surface area contributed by atoms with Crippen molar-refractivity contribution in [2.24, 2.45) is 10.8 Å². The molecule has 23 heavy (non-hydrogen) atoms. The Morgan fingerprint density at radius 3 is 2.70 bits per heavy atom. The van der Waals surface area contributed by atoms with Crippen molar-refractivity contribution in [1.29, 1.82) is 0 Å². The van der Waals surface area contributed by atoms with E-state index in [4.69, 9.17) is 16.3 Å². The highest BCUT2D eigenvalue weighted by Crippen LogP contribution is 2.52. The van der Waals surface area contributed by atoms with Gasteiger partial charge in [0.2, 0.25) is 0 Å². The Balaban J connectivity index is 1.54. The standard InChI is InChI=1S/C18H25ClN2O2/c1-17(2)8-14-9-18(3,10-17)11-21(14)16(22)20-12-23-15-6-4-13(19)5-7-15/h4-7,14H,8-12H2,1-3H3,(H,20,22). The van der Waals surface area contributed by atoms with Gasteiger partial charge in [-0.1, -0.05) is 32.4 Å². The molecule has 1 aliphatic heterocycles. The van der Waals surface area contributed by atoms with Crippen LogP contribution >= 0.6 is 11.6 Å². The fourth-order valence-corrected chi connectivity index (χ4v) is 4.64. The van der Waals surface area contributed by atoms with Crippen LogP contribution < -0.4 is 10.1 Å². The molecule has 2 unspecified atom stereocenters. The van der Waals surface area contributed by atoms with Crippen LogP contribution in [-0.2, 0) is 0 Å². The lowest BCUT2D eigenvalue weighted by molar-refractivity contribution is 0.128. The molecule has 2 bridgehead atoms. The van der Waals surface area contributed by atoms with Gasteiger partial charge in [-0.3, -0.25) is 0 Å². The third-order valence-electron chi connectivity index (χ3n) is 4.95. The summed E-state index contributed by atoms with van der Waals surface area (Å²) in [5, 5.41) is 3.54. The number of amides is 2. The van der Waals surface area contributed by atoms with Crippen molar-refractivity contribution in [3.05, 3.63) is 29.3 Å². The smallest absolute Gasteiger partial charge is 0.320 e. The maximum atomic E-state index is 12.5. The molecule has 126 valence electrons. The summed E-state index contributed by atoms with van der Waals surface area (Å²) in [7, 11) is 0. The second-order valence-corrected chi connectivity index (χ2v) is 8.50. The van der Waals surface area contributed by atoms with Gasteiger partial charge in [-0.2, -0.15) is 0 Å². The van der Waals surface area contributed by atoms with Gasteiger partial charge in [0, 0.05) is 17.6 Å². The summed E-state index contributed by atoms with van der Waals surface area (Å²) in [4.78, 5) is 14.5. The number of nitrogens with zero attached hydrogens (tertiary/aromatic N) is 1. The number of carbonyl (C=O) groups excluding carboxylic acids is 1. The zero-order valence-corrected chi connectivity index (χ0v) is 14.8. The molecular formula is C18H25ClN2O2. The van der Waals surface area contributed by atoms with E-state index in [1.54, 1.807) is 24.3 Å². The lowest BCUT2D eigenvalue weighted by Gasteiger charge is -2.39. The lowest BCUT2D eigenvalue weighted by atomic mass is 9.65. The molecule has 1 N–H and O–H groups in total. The highest BCUT2D eigenvalue weighted by atomic mass is 35.5. The Kier molecular flexibility index (Phi) is 4.21. The van der Waals surface area contributed by atoms with Crippen molar-refractivity contribution in [1.82, 2.24) is 10.2 Å². The SMILES string of the molecule is CC1(C)CC2CC(C)(CN2C(=O)NCOc2ccc(Cl)cc2)C1. The van der Waals surface area contributed by atoms with E-state index in [2.05, 4.69) is 26.1 Å². The van der Waals surface area contributed by atoms with Crippen molar-refractivity contribution >= 4 is 17.6 Å². The molecule has 1 saturated heterocycles. The van der Waals surface area contributed by atoms with Gasteiger partial charge in [-0.05, 0) is 54.4 Å². The van der Waals surface area contributed by atoms with E-state index in [-0.39, 0.29) is 18.2 Å². The molecule has 5 heteroatoms. The summed E-state index contributed by atoms with van der Waals surface area (Å²) >= 11 is 5.84. The maximum Gasteiger partial charge on any atom is 0.320 e. The normalized spacial score (nSPS) is 28.5. The topological polar surface area (TPSA) is 41.6 Å². The minimum atomic E-state index is -0.0228. The second-order valence-electron chi connectivity index (χ2n) is 8.07. The molecule has 0 spiro atoms. The zero-order valence-electron chi connectivity index (χ0n) is 14.1. The van der Waals surface area contributed by atoms with Gasteiger partial charge in [0.15, 0.2) is 6.73 Å². The van der Waals surface area contributed by atoms with E-state index in [0.29, 0.717) is 22.2 Å². The van der Waals surface area contributed by atoms with Crippen LogP contribution in [0.3, 0.4) is 0 Å². The van der Waals surface area contributed by atoms with E-state index in [0.717, 1.165) is 19.4 Å². The molecule has 1 aromatic rings. The first-order valence-electron chi connectivity index (χ1n) is 8.19. The van der Waals surface area contributed by atoms with Gasteiger partial charge < -0.3 is 15.0 Å². The van der Waals surface area contributed by atoms with E-state index in [1.807, 2.05) is 4.90 Å². The molecule has 2 fully saturated rings. The Bertz CT molecular complexity index is 587. The van der Waals surface area contributed by atoms with Crippen LogP contribution in [0.2, 0.25) is 5.02 Å². The fraction of sp³-hybridized carbons (Fsp3) is 0.611. The predicted octanol–water partition coefficient (Wildman–Crippen LogP) is 4.29. The number of likely N-dealkylation sites (tertiary alicyclic amines) is 1. The Morgan fingerprint density at radius 1 is 1.30 bits per heavy atom. The summed E-state index contributed by atoms with van der Waals surface area (Å²) in [6.45, 7) is 7.93. The molecule has 1 aromatic carbocycles. The molecule has 3 rings (SSSR count). The number of benzene rings is 1. The number of urea groups is 1. The van der Waals surface area contributed by atoms with Crippen molar-refractivity contribution in [2.75, 3.05) is 13.3 Å². The quantitative estimate of drug-likeness (QED) is 0.837. The van der Waals surface area contributed by atoms with Gasteiger partial charge in [0.1, 0.15) is 5.75 Å². The molecule has 2 amide bonds. The van der Waals surface area contributed by atoms with Crippen molar-refractivity contribution in [2.45, 2.75) is 46.1 Å². The van der Waals surface area contributed by atoms with Crippen molar-refractivity contribution in [3.8, 4) is 5.75 Å². The monoisotopic (exact) mass is 336 g/mol. The molecule has 2 aliphatic rings. The molecular weight excluding hydrogens is 312 g/mol. The number of carbonyl (C=O) groups is 1. The van der Waals surface area contributed by atoms with E-state index in [1.165, 1.54) is 6.42 Å². The third kappa shape index (κ3) is 3.74. The first-order chi connectivity index (χ1) is 10.8. The van der Waals surface area contributed by atoms with E-state index < -0.39 is 0 Å². The summed E-state index contributed by atoms with van der Waals surface area (Å²) in [5.41, 5.74) is 0.563. The van der Waals surface area contributed by atoms with Gasteiger partial charge in [-0.15, -0.1) is 0 Å². The Labute approximate surface area is 143 Å². The maximum absolute atomic E-state index is 12.5. The minimum absolute atomic E-state index is 0.0228. The first kappa shape index (κ1) is 16.4. The molecule has 4 nitrogen and oxygen atoms in total. The van der Waals surface area contributed by atoms with E-state index in [9.17, 15) is 4.79 Å². The predicted molar refractivity (Wildman–Crippen MR) is 91.7 cm³/mol. The summed E-state index contributed by atoms with van der Waals surface area (Å²) in [5.74, 6) is 0.697. The number of hydrogen-bond donors (Lipinski definition) is 1. The lowest BCUT2D eigenvalue weighted by Crippen LogP contribution is -2.44. The summed E-state index contributed by atoms with van der Waals surface area (Å²) in [6.07, 6.45) is 3.37. The number of nitrogens with one attached hydrogen (secondary N) is 1. The van der Waals surface area contributed by atoms with Gasteiger partial charge >= 0.3 is 6.03 Å². The first-order valence-corrected chi connectivity index (χ1v) is 8.57. The van der Waals surface area contributed by atoms with Crippen LogP contribution in [0.4, 0.5) is 4.79 Å². The number of ether oxygens (including phenoxy) is 1. The second kappa shape index (κ2) is 5.90. The summed E-state index contributed by atoms with van der Waals surface area (Å²) < 4.78 is 5.55. The van der Waals surface area contributed by atoms with Crippen LogP contribution in [0.5, 0.6) is 5.75 Å². The zero-order chi connectivity index (χ0) is 16.7. The number of hydrogen-bond acceptors (Lipinski definition) is 2. The van der Waals surface area contributed by atoms with Gasteiger partial charge in [0.25, 0.3) is 0 Å².